The van der Waals surface area contributed by atoms with E-state index in [1.807, 2.05) is 0 Å². The molecule has 2 aromatic rings. The average molecular weight is 431 g/mol. The van der Waals surface area contributed by atoms with Gasteiger partial charge in [0.2, 0.25) is 5.91 Å². The number of rotatable bonds is 8. The first-order valence-corrected chi connectivity index (χ1v) is 11.4. The molecule has 7 heteroatoms. The molecular formula is C23H27FN2O3S. The number of anilines is 1. The summed E-state index contributed by atoms with van der Waals surface area (Å²) in [6.07, 6.45) is 5.52. The van der Waals surface area contributed by atoms with Crippen LogP contribution in [0.2, 0.25) is 0 Å². The maximum Gasteiger partial charge on any atom is 0.254 e. The molecule has 1 heterocycles. The predicted molar refractivity (Wildman–Crippen MR) is 116 cm³/mol. The highest BCUT2D eigenvalue weighted by Gasteiger charge is 2.44. The average Bonchev–Trinajstić information content (AvgIpc) is 3.46. The minimum Gasteiger partial charge on any atom is -0.385 e. The van der Waals surface area contributed by atoms with Crippen molar-refractivity contribution in [1.82, 2.24) is 5.32 Å². The SMILES string of the molecule is COCCCNC(=O)c1c(NC(=O)C2CC2c2ccc(F)cc2)sc2c1CCCC2. The number of hydrogen-bond donors (Lipinski definition) is 2. The summed E-state index contributed by atoms with van der Waals surface area (Å²) >= 11 is 1.54. The van der Waals surface area contributed by atoms with Gasteiger partial charge in [-0.3, -0.25) is 9.59 Å². The van der Waals surface area contributed by atoms with E-state index in [9.17, 15) is 14.0 Å². The summed E-state index contributed by atoms with van der Waals surface area (Å²) in [5.41, 5.74) is 2.72. The van der Waals surface area contributed by atoms with Crippen molar-refractivity contribution in [2.24, 2.45) is 5.92 Å². The van der Waals surface area contributed by atoms with E-state index >= 15 is 0 Å². The van der Waals surface area contributed by atoms with Gasteiger partial charge in [0.1, 0.15) is 10.8 Å². The second kappa shape index (κ2) is 9.27. The van der Waals surface area contributed by atoms with Crippen molar-refractivity contribution < 1.29 is 18.7 Å². The van der Waals surface area contributed by atoms with Crippen LogP contribution < -0.4 is 10.6 Å². The Morgan fingerprint density at radius 1 is 1.20 bits per heavy atom. The molecule has 2 N–H and O–H groups in total. The van der Waals surface area contributed by atoms with Crippen molar-refractivity contribution in [2.45, 2.75) is 44.4 Å². The first kappa shape index (κ1) is 21.0. The largest absolute Gasteiger partial charge is 0.385 e. The Hall–Kier alpha value is -2.25. The monoisotopic (exact) mass is 430 g/mol. The molecule has 2 atom stereocenters. The fourth-order valence-electron chi connectivity index (χ4n) is 4.17. The van der Waals surface area contributed by atoms with Crippen LogP contribution in [-0.4, -0.2) is 32.1 Å². The topological polar surface area (TPSA) is 67.4 Å². The van der Waals surface area contributed by atoms with Gasteiger partial charge in [0.25, 0.3) is 5.91 Å². The number of thiophene rings is 1. The lowest BCUT2D eigenvalue weighted by molar-refractivity contribution is -0.117. The maximum absolute atomic E-state index is 13.2. The van der Waals surface area contributed by atoms with Gasteiger partial charge in [-0.2, -0.15) is 0 Å². The maximum atomic E-state index is 13.2. The molecule has 160 valence electrons. The lowest BCUT2D eigenvalue weighted by Crippen LogP contribution is -2.27. The van der Waals surface area contributed by atoms with Gasteiger partial charge in [0.05, 0.1) is 5.56 Å². The third-order valence-electron chi connectivity index (χ3n) is 5.87. The van der Waals surface area contributed by atoms with E-state index in [1.54, 1.807) is 19.2 Å². The molecule has 0 aliphatic heterocycles. The minimum absolute atomic E-state index is 0.0589. The number of aryl methyl sites for hydroxylation is 1. The third kappa shape index (κ3) is 4.57. The Morgan fingerprint density at radius 3 is 2.73 bits per heavy atom. The van der Waals surface area contributed by atoms with Crippen molar-refractivity contribution in [3.63, 3.8) is 0 Å². The van der Waals surface area contributed by atoms with Crippen LogP contribution in [-0.2, 0) is 22.4 Å². The summed E-state index contributed by atoms with van der Waals surface area (Å²) in [4.78, 5) is 27.0. The van der Waals surface area contributed by atoms with Crippen LogP contribution in [0.15, 0.2) is 24.3 Å². The number of benzene rings is 1. The molecule has 1 saturated carbocycles. The van der Waals surface area contributed by atoms with Crippen molar-refractivity contribution in [1.29, 1.82) is 0 Å². The Bertz CT molecular complexity index is 925. The predicted octanol–water partition coefficient (Wildman–Crippen LogP) is 4.27. The summed E-state index contributed by atoms with van der Waals surface area (Å²) < 4.78 is 18.2. The normalized spacial score (nSPS) is 19.8. The number of carbonyl (C=O) groups is 2. The van der Waals surface area contributed by atoms with E-state index in [2.05, 4.69) is 10.6 Å². The number of nitrogens with one attached hydrogen (secondary N) is 2. The van der Waals surface area contributed by atoms with Gasteiger partial charge < -0.3 is 15.4 Å². The van der Waals surface area contributed by atoms with Crippen LogP contribution in [0, 0.1) is 11.7 Å². The molecule has 30 heavy (non-hydrogen) atoms. The Balaban J connectivity index is 1.47. The Labute approximate surface area is 180 Å². The van der Waals surface area contributed by atoms with Gasteiger partial charge in [0.15, 0.2) is 0 Å². The number of methoxy groups -OCH3 is 1. The zero-order valence-corrected chi connectivity index (χ0v) is 17.9. The molecule has 0 spiro atoms. The number of amides is 2. The molecule has 0 bridgehead atoms. The highest BCUT2D eigenvalue weighted by atomic mass is 32.1. The van der Waals surface area contributed by atoms with Gasteiger partial charge in [-0.15, -0.1) is 11.3 Å². The molecule has 5 nitrogen and oxygen atoms in total. The number of hydrogen-bond acceptors (Lipinski definition) is 4. The number of halogens is 1. The van der Waals surface area contributed by atoms with Crippen LogP contribution in [0.25, 0.3) is 0 Å². The minimum atomic E-state index is -0.272. The lowest BCUT2D eigenvalue weighted by atomic mass is 9.95. The molecule has 2 aliphatic carbocycles. The van der Waals surface area contributed by atoms with Crippen LogP contribution in [0.1, 0.15) is 58.0 Å². The van der Waals surface area contributed by atoms with Crippen LogP contribution in [0.4, 0.5) is 9.39 Å². The summed E-state index contributed by atoms with van der Waals surface area (Å²) in [5, 5.41) is 6.68. The summed E-state index contributed by atoms with van der Waals surface area (Å²) in [6, 6.07) is 6.36. The zero-order valence-electron chi connectivity index (χ0n) is 17.1. The fourth-order valence-corrected chi connectivity index (χ4v) is 5.46. The van der Waals surface area contributed by atoms with Crippen LogP contribution >= 0.6 is 11.3 Å². The molecule has 2 amide bonds. The molecule has 1 aromatic heterocycles. The summed E-state index contributed by atoms with van der Waals surface area (Å²) in [6.45, 7) is 1.14. The zero-order chi connectivity index (χ0) is 21.1. The molecule has 2 aliphatic rings. The molecule has 0 radical (unpaired) electrons. The first-order valence-electron chi connectivity index (χ1n) is 10.6. The summed E-state index contributed by atoms with van der Waals surface area (Å²) in [5.74, 6) is -0.465. The van der Waals surface area contributed by atoms with E-state index in [4.69, 9.17) is 4.74 Å². The third-order valence-corrected chi connectivity index (χ3v) is 7.08. The second-order valence-electron chi connectivity index (χ2n) is 8.01. The molecule has 1 fully saturated rings. The van der Waals surface area contributed by atoms with Gasteiger partial charge in [-0.05, 0) is 67.7 Å². The molecule has 1 aromatic carbocycles. The standard InChI is InChI=1S/C23H27FN2O3S/c1-29-12-4-11-25-22(28)20-16-5-2-3-6-19(16)30-23(20)26-21(27)18-13-17(18)14-7-9-15(24)10-8-14/h7-10,17-18H,2-6,11-13H2,1H3,(H,25,28)(H,26,27). The van der Waals surface area contributed by atoms with Crippen LogP contribution in [0.3, 0.4) is 0 Å². The van der Waals surface area contributed by atoms with Gasteiger partial charge in [0, 0.05) is 31.1 Å². The molecule has 0 saturated heterocycles. The second-order valence-corrected chi connectivity index (χ2v) is 9.11. The molecule has 4 rings (SSSR count). The van der Waals surface area contributed by atoms with Crippen molar-refractivity contribution in [3.05, 3.63) is 51.7 Å². The number of carbonyl (C=O) groups excluding carboxylic acids is 2. The fraction of sp³-hybridized carbons (Fsp3) is 0.478. The van der Waals surface area contributed by atoms with E-state index in [1.165, 1.54) is 28.3 Å². The molecule has 2 unspecified atom stereocenters. The van der Waals surface area contributed by atoms with Crippen molar-refractivity contribution >= 4 is 28.2 Å². The van der Waals surface area contributed by atoms with Gasteiger partial charge >= 0.3 is 0 Å². The van der Waals surface area contributed by atoms with Crippen molar-refractivity contribution in [2.75, 3.05) is 25.6 Å². The Morgan fingerprint density at radius 2 is 1.97 bits per heavy atom. The first-order chi connectivity index (χ1) is 14.6. The quantitative estimate of drug-likeness (QED) is 0.615. The lowest BCUT2D eigenvalue weighted by Gasteiger charge is -2.13. The molecular weight excluding hydrogens is 403 g/mol. The van der Waals surface area contributed by atoms with E-state index in [-0.39, 0.29) is 29.5 Å². The van der Waals surface area contributed by atoms with Gasteiger partial charge in [-0.25, -0.2) is 4.39 Å². The Kier molecular flexibility index (Phi) is 6.49. The van der Waals surface area contributed by atoms with E-state index in [0.29, 0.717) is 23.7 Å². The smallest absolute Gasteiger partial charge is 0.254 e. The van der Waals surface area contributed by atoms with Crippen molar-refractivity contribution in [3.8, 4) is 0 Å². The number of ether oxygens (including phenoxy) is 1. The van der Waals surface area contributed by atoms with Gasteiger partial charge in [-0.1, -0.05) is 12.1 Å². The van der Waals surface area contributed by atoms with E-state index < -0.39 is 0 Å². The number of fused-ring (bicyclic) bond motifs is 1. The van der Waals surface area contributed by atoms with Crippen LogP contribution in [0.5, 0.6) is 0 Å². The summed E-state index contributed by atoms with van der Waals surface area (Å²) in [7, 11) is 1.64. The van der Waals surface area contributed by atoms with E-state index in [0.717, 1.165) is 49.7 Å². The highest BCUT2D eigenvalue weighted by molar-refractivity contribution is 7.17. The highest BCUT2D eigenvalue weighted by Crippen LogP contribution is 2.48.